The van der Waals surface area contributed by atoms with Crippen LogP contribution in [0.3, 0.4) is 0 Å². The number of ether oxygens (including phenoxy) is 2. The molecular formula is C31H35FN2O4S. The number of halogens is 1. The Hall–Kier alpha value is -2.94. The molecule has 0 amide bonds. The minimum atomic E-state index is -3.84. The first-order chi connectivity index (χ1) is 18.6. The fourth-order valence-corrected chi connectivity index (χ4v) is 7.67. The third kappa shape index (κ3) is 4.83. The summed E-state index contributed by atoms with van der Waals surface area (Å²) in [5.41, 5.74) is 3.10. The van der Waals surface area contributed by atoms with E-state index in [4.69, 9.17) is 9.47 Å². The molecule has 1 aliphatic carbocycles. The van der Waals surface area contributed by atoms with Crippen molar-refractivity contribution in [2.24, 2.45) is 11.3 Å². The molecule has 0 bridgehead atoms. The molecule has 1 spiro atoms. The van der Waals surface area contributed by atoms with Crippen LogP contribution >= 0.6 is 0 Å². The highest BCUT2D eigenvalue weighted by Crippen LogP contribution is 2.50. The molecule has 2 fully saturated rings. The Labute approximate surface area is 230 Å². The number of benzene rings is 3. The van der Waals surface area contributed by atoms with Gasteiger partial charge in [-0.3, -0.25) is 0 Å². The van der Waals surface area contributed by atoms with Crippen LogP contribution in [0, 0.1) is 17.2 Å². The molecule has 0 radical (unpaired) electrons. The van der Waals surface area contributed by atoms with Gasteiger partial charge in [-0.2, -0.15) is 4.31 Å². The van der Waals surface area contributed by atoms with Crippen LogP contribution in [-0.2, 0) is 14.8 Å². The van der Waals surface area contributed by atoms with Gasteiger partial charge in [0.25, 0.3) is 0 Å². The highest BCUT2D eigenvalue weighted by atomic mass is 32.2. The van der Waals surface area contributed by atoms with Gasteiger partial charge in [0.15, 0.2) is 0 Å². The molecule has 8 heteroatoms. The molecule has 3 aliphatic rings. The molecule has 1 atom stereocenters. The van der Waals surface area contributed by atoms with Gasteiger partial charge in [-0.25, -0.2) is 12.8 Å². The van der Waals surface area contributed by atoms with Gasteiger partial charge in [0.1, 0.15) is 22.6 Å². The molecule has 1 saturated heterocycles. The Morgan fingerprint density at radius 3 is 2.36 bits per heavy atom. The summed E-state index contributed by atoms with van der Waals surface area (Å²) in [4.78, 5) is 2.33. The van der Waals surface area contributed by atoms with Crippen molar-refractivity contribution in [3.8, 4) is 16.9 Å². The van der Waals surface area contributed by atoms with Gasteiger partial charge in [0.2, 0.25) is 10.0 Å². The van der Waals surface area contributed by atoms with E-state index in [1.165, 1.54) is 16.4 Å². The van der Waals surface area contributed by atoms with Crippen LogP contribution in [0.4, 0.5) is 15.8 Å². The fourth-order valence-electron chi connectivity index (χ4n) is 6.11. The van der Waals surface area contributed by atoms with E-state index in [0.29, 0.717) is 35.0 Å². The first kappa shape index (κ1) is 26.3. The average Bonchev–Trinajstić information content (AvgIpc) is 2.94. The summed E-state index contributed by atoms with van der Waals surface area (Å²) in [5.74, 6) is 0.587. The zero-order chi connectivity index (χ0) is 27.4. The Kier molecular flexibility index (Phi) is 6.68. The van der Waals surface area contributed by atoms with Gasteiger partial charge in [-0.1, -0.05) is 44.2 Å². The zero-order valence-electron chi connectivity index (χ0n) is 22.6. The lowest BCUT2D eigenvalue weighted by atomic mass is 9.65. The molecule has 6 nitrogen and oxygen atoms in total. The molecule has 6 rings (SSSR count). The van der Waals surface area contributed by atoms with Crippen LogP contribution < -0.4 is 9.64 Å². The lowest BCUT2D eigenvalue weighted by molar-refractivity contribution is -0.191. The summed E-state index contributed by atoms with van der Waals surface area (Å²) in [5, 5.41) is 0. The number of fused-ring (bicyclic) bond motifs is 1. The van der Waals surface area contributed by atoms with Crippen molar-refractivity contribution in [2.45, 2.75) is 50.2 Å². The first-order valence-electron chi connectivity index (χ1n) is 13.6. The number of sulfonamides is 1. The van der Waals surface area contributed by atoms with E-state index in [0.717, 1.165) is 38.2 Å². The van der Waals surface area contributed by atoms with Gasteiger partial charge in [-0.05, 0) is 61.1 Å². The van der Waals surface area contributed by atoms with E-state index < -0.39 is 10.0 Å². The van der Waals surface area contributed by atoms with Crippen molar-refractivity contribution in [3.05, 3.63) is 72.5 Å². The molecule has 0 aromatic heterocycles. The predicted octanol–water partition coefficient (Wildman–Crippen LogP) is 6.24. The van der Waals surface area contributed by atoms with E-state index in [-0.39, 0.29) is 28.3 Å². The van der Waals surface area contributed by atoms with Crippen LogP contribution in [0.1, 0.15) is 33.1 Å². The smallest absolute Gasteiger partial charge is 0.245 e. The highest BCUT2D eigenvalue weighted by molar-refractivity contribution is 7.89. The van der Waals surface area contributed by atoms with Crippen LogP contribution in [0.15, 0.2) is 71.6 Å². The number of likely N-dealkylation sites (N-methyl/N-ethyl adjacent to an activating group) is 1. The van der Waals surface area contributed by atoms with Crippen molar-refractivity contribution in [2.75, 3.05) is 31.7 Å². The molecule has 0 unspecified atom stereocenters. The summed E-state index contributed by atoms with van der Waals surface area (Å²) in [7, 11) is -2.16. The number of para-hydroxylation sites is 1. The zero-order valence-corrected chi connectivity index (χ0v) is 23.5. The van der Waals surface area contributed by atoms with Crippen molar-refractivity contribution < 1.29 is 22.3 Å². The van der Waals surface area contributed by atoms with Crippen LogP contribution in [0.25, 0.3) is 11.1 Å². The largest absolute Gasteiger partial charge is 0.490 e. The molecular weight excluding hydrogens is 515 g/mol. The number of anilines is 2. The summed E-state index contributed by atoms with van der Waals surface area (Å²) in [6.07, 6.45) is 2.57. The third-order valence-corrected chi connectivity index (χ3v) is 10.3. The SMILES string of the molecule is CC(C)C[C@@H]1CN(c2ccccc2)c2cc(OC3CC4(COC4)C3)c(-c3ccc(F)cc3)cc2S(=O)(=O)N1C. The van der Waals surface area contributed by atoms with Crippen LogP contribution in [-0.4, -0.2) is 51.7 Å². The summed E-state index contributed by atoms with van der Waals surface area (Å²) in [6.45, 7) is 6.28. The molecule has 206 valence electrons. The fraction of sp³-hybridized carbons (Fsp3) is 0.419. The van der Waals surface area contributed by atoms with Crippen LogP contribution in [0.2, 0.25) is 0 Å². The van der Waals surface area contributed by atoms with E-state index >= 15 is 0 Å². The lowest BCUT2D eigenvalue weighted by Crippen LogP contribution is -2.56. The monoisotopic (exact) mass is 550 g/mol. The Morgan fingerprint density at radius 2 is 1.74 bits per heavy atom. The average molecular weight is 551 g/mol. The van der Waals surface area contributed by atoms with Crippen LogP contribution in [0.5, 0.6) is 5.75 Å². The second kappa shape index (κ2) is 9.91. The standard InChI is InChI=1S/C31H35FN2O4S/c1-21(2)13-25-18-34(24-7-5-4-6-8-24)28-15-29(38-26-16-31(17-26)19-37-20-31)27(22-9-11-23(32)12-10-22)14-30(28)39(35,36)33(25)3/h4-12,14-15,21,25-26H,13,16-20H2,1-3H3/t25-/m1/s1. The lowest BCUT2D eigenvalue weighted by Gasteiger charge is -2.52. The van der Waals surface area contributed by atoms with E-state index in [1.54, 1.807) is 25.2 Å². The van der Waals surface area contributed by atoms with Crippen molar-refractivity contribution >= 4 is 21.4 Å². The normalized spacial score (nSPS) is 22.2. The quantitative estimate of drug-likeness (QED) is 0.364. The van der Waals surface area contributed by atoms with Gasteiger partial charge < -0.3 is 14.4 Å². The van der Waals surface area contributed by atoms with Crippen molar-refractivity contribution in [3.63, 3.8) is 0 Å². The topological polar surface area (TPSA) is 59.1 Å². The Balaban J connectivity index is 1.51. The number of rotatable bonds is 6. The molecule has 3 aromatic carbocycles. The minimum Gasteiger partial charge on any atom is -0.490 e. The summed E-state index contributed by atoms with van der Waals surface area (Å²) in [6, 6.07) is 19.4. The van der Waals surface area contributed by atoms with Gasteiger partial charge >= 0.3 is 0 Å². The minimum absolute atomic E-state index is 0.0232. The number of nitrogens with zero attached hydrogens (tertiary/aromatic N) is 2. The van der Waals surface area contributed by atoms with Gasteiger partial charge in [0.05, 0.1) is 18.9 Å². The molecule has 2 heterocycles. The maximum Gasteiger partial charge on any atom is 0.245 e. The maximum atomic E-state index is 14.1. The summed E-state index contributed by atoms with van der Waals surface area (Å²) >= 11 is 0. The highest BCUT2D eigenvalue weighted by Gasteiger charge is 2.51. The van der Waals surface area contributed by atoms with E-state index in [2.05, 4.69) is 18.7 Å². The number of hydrogen-bond donors (Lipinski definition) is 0. The maximum absolute atomic E-state index is 14.1. The van der Waals surface area contributed by atoms with Gasteiger partial charge in [-0.15, -0.1) is 0 Å². The molecule has 2 aliphatic heterocycles. The summed E-state index contributed by atoms with van der Waals surface area (Å²) < 4.78 is 55.7. The Morgan fingerprint density at radius 1 is 1.05 bits per heavy atom. The predicted molar refractivity (Wildman–Crippen MR) is 150 cm³/mol. The number of hydrogen-bond acceptors (Lipinski definition) is 5. The molecule has 39 heavy (non-hydrogen) atoms. The van der Waals surface area contributed by atoms with Crippen molar-refractivity contribution in [1.29, 1.82) is 0 Å². The first-order valence-corrected chi connectivity index (χ1v) is 15.1. The molecule has 0 N–H and O–H groups in total. The molecule has 1 saturated carbocycles. The second-order valence-corrected chi connectivity index (χ2v) is 13.7. The second-order valence-electron chi connectivity index (χ2n) is 11.7. The third-order valence-electron chi connectivity index (χ3n) is 8.31. The van der Waals surface area contributed by atoms with E-state index in [1.807, 2.05) is 36.4 Å². The van der Waals surface area contributed by atoms with Gasteiger partial charge in [0, 0.05) is 42.4 Å². The Bertz CT molecular complexity index is 1450. The van der Waals surface area contributed by atoms with Crippen molar-refractivity contribution in [1.82, 2.24) is 4.31 Å². The van der Waals surface area contributed by atoms with E-state index in [9.17, 15) is 12.8 Å². The molecule has 3 aromatic rings.